The topological polar surface area (TPSA) is 54.0 Å². The standard InChI is InChI=1S/C16H19N3OS2/c1-10-12(16(2,3)4)22-15(17-10)19-14(21)18-13(20)11-8-6-5-7-9-11/h5-9H,1-4H3,(H2,17,18,19,20,21). The molecular weight excluding hydrogens is 314 g/mol. The van der Waals surface area contributed by atoms with Crippen molar-refractivity contribution in [1.82, 2.24) is 10.3 Å². The van der Waals surface area contributed by atoms with Crippen LogP contribution < -0.4 is 10.6 Å². The molecule has 0 aliphatic carbocycles. The maximum absolute atomic E-state index is 12.0. The summed E-state index contributed by atoms with van der Waals surface area (Å²) in [4.78, 5) is 17.7. The Kier molecular flexibility index (Phi) is 4.93. The van der Waals surface area contributed by atoms with E-state index in [1.165, 1.54) is 4.88 Å². The van der Waals surface area contributed by atoms with E-state index in [-0.39, 0.29) is 16.4 Å². The Morgan fingerprint density at radius 1 is 1.23 bits per heavy atom. The highest BCUT2D eigenvalue weighted by molar-refractivity contribution is 7.80. The molecule has 0 saturated heterocycles. The Labute approximate surface area is 140 Å². The number of hydrogen-bond donors (Lipinski definition) is 2. The van der Waals surface area contributed by atoms with Gasteiger partial charge in [0, 0.05) is 10.4 Å². The van der Waals surface area contributed by atoms with Gasteiger partial charge in [-0.2, -0.15) is 0 Å². The lowest BCUT2D eigenvalue weighted by atomic mass is 9.94. The Morgan fingerprint density at radius 2 is 1.86 bits per heavy atom. The Hall–Kier alpha value is -1.79. The SMILES string of the molecule is Cc1nc(NC(=S)NC(=O)c2ccccc2)sc1C(C)(C)C. The number of anilines is 1. The molecule has 0 saturated carbocycles. The smallest absolute Gasteiger partial charge is 0.257 e. The van der Waals surface area contributed by atoms with Gasteiger partial charge in [0.05, 0.1) is 5.69 Å². The molecule has 4 nitrogen and oxygen atoms in total. The summed E-state index contributed by atoms with van der Waals surface area (Å²) >= 11 is 6.74. The van der Waals surface area contributed by atoms with Crippen LogP contribution >= 0.6 is 23.6 Å². The maximum atomic E-state index is 12.0. The summed E-state index contributed by atoms with van der Waals surface area (Å²) in [5.74, 6) is -0.234. The third kappa shape index (κ3) is 4.11. The van der Waals surface area contributed by atoms with Crippen LogP contribution in [0.4, 0.5) is 5.13 Å². The normalized spacial score (nSPS) is 11.1. The molecule has 22 heavy (non-hydrogen) atoms. The summed E-state index contributed by atoms with van der Waals surface area (Å²) in [5.41, 5.74) is 1.59. The predicted molar refractivity (Wildman–Crippen MR) is 95.7 cm³/mol. The number of rotatable bonds is 2. The summed E-state index contributed by atoms with van der Waals surface area (Å²) in [5, 5.41) is 6.59. The molecule has 0 unspecified atom stereocenters. The molecule has 6 heteroatoms. The van der Waals surface area contributed by atoms with Crippen LogP contribution in [0.2, 0.25) is 0 Å². The van der Waals surface area contributed by atoms with Crippen LogP contribution in [0.25, 0.3) is 0 Å². The van der Waals surface area contributed by atoms with Crippen LogP contribution in [-0.2, 0) is 5.41 Å². The lowest BCUT2D eigenvalue weighted by Gasteiger charge is -2.16. The highest BCUT2D eigenvalue weighted by Crippen LogP contribution is 2.33. The Balaban J connectivity index is 2.03. The van der Waals surface area contributed by atoms with Gasteiger partial charge >= 0.3 is 0 Å². The quantitative estimate of drug-likeness (QED) is 0.819. The van der Waals surface area contributed by atoms with E-state index in [4.69, 9.17) is 12.2 Å². The van der Waals surface area contributed by atoms with Gasteiger partial charge in [-0.15, -0.1) is 11.3 Å². The molecule has 2 aromatic rings. The zero-order chi connectivity index (χ0) is 16.3. The highest BCUT2D eigenvalue weighted by Gasteiger charge is 2.21. The van der Waals surface area contributed by atoms with Crippen molar-refractivity contribution in [2.45, 2.75) is 33.1 Å². The number of benzene rings is 1. The van der Waals surface area contributed by atoms with Gasteiger partial charge in [0.25, 0.3) is 5.91 Å². The van der Waals surface area contributed by atoms with Crippen molar-refractivity contribution in [1.29, 1.82) is 0 Å². The van der Waals surface area contributed by atoms with Gasteiger partial charge in [0.15, 0.2) is 10.2 Å². The molecular formula is C16H19N3OS2. The number of nitrogens with one attached hydrogen (secondary N) is 2. The van der Waals surface area contributed by atoms with Crippen LogP contribution in [-0.4, -0.2) is 16.0 Å². The molecule has 0 fully saturated rings. The fourth-order valence-corrected chi connectivity index (χ4v) is 3.32. The molecule has 0 bridgehead atoms. The molecule has 1 heterocycles. The second kappa shape index (κ2) is 6.54. The number of hydrogen-bond acceptors (Lipinski definition) is 4. The first-order valence-electron chi connectivity index (χ1n) is 6.92. The molecule has 0 radical (unpaired) electrons. The van der Waals surface area contributed by atoms with Crippen molar-refractivity contribution in [3.63, 3.8) is 0 Å². The van der Waals surface area contributed by atoms with Crippen molar-refractivity contribution in [3.8, 4) is 0 Å². The first-order chi connectivity index (χ1) is 10.3. The third-order valence-corrected chi connectivity index (χ3v) is 4.66. The van der Waals surface area contributed by atoms with Gasteiger partial charge in [0.1, 0.15) is 0 Å². The summed E-state index contributed by atoms with van der Waals surface area (Å²) in [6.45, 7) is 8.42. The summed E-state index contributed by atoms with van der Waals surface area (Å²) < 4.78 is 0. The van der Waals surface area contributed by atoms with Crippen molar-refractivity contribution >= 4 is 39.7 Å². The maximum Gasteiger partial charge on any atom is 0.257 e. The summed E-state index contributed by atoms with van der Waals surface area (Å²) in [6.07, 6.45) is 0. The van der Waals surface area contributed by atoms with E-state index < -0.39 is 0 Å². The second-order valence-corrected chi connectivity index (χ2v) is 7.37. The molecule has 1 amide bonds. The number of nitrogens with zero attached hydrogens (tertiary/aromatic N) is 1. The van der Waals surface area contributed by atoms with Crippen molar-refractivity contribution < 1.29 is 4.79 Å². The van der Waals surface area contributed by atoms with E-state index in [1.54, 1.807) is 23.5 Å². The number of thiocarbonyl (C=S) groups is 1. The van der Waals surface area contributed by atoms with E-state index in [0.717, 1.165) is 5.69 Å². The average Bonchev–Trinajstić information content (AvgIpc) is 2.80. The zero-order valence-corrected chi connectivity index (χ0v) is 14.7. The van der Waals surface area contributed by atoms with E-state index in [1.807, 2.05) is 25.1 Å². The Bertz CT molecular complexity index is 687. The molecule has 0 atom stereocenters. The summed E-state index contributed by atoms with van der Waals surface area (Å²) in [6, 6.07) is 8.96. The van der Waals surface area contributed by atoms with Crippen molar-refractivity contribution in [2.24, 2.45) is 0 Å². The van der Waals surface area contributed by atoms with E-state index >= 15 is 0 Å². The number of carbonyl (C=O) groups is 1. The minimum absolute atomic E-state index is 0.0383. The lowest BCUT2D eigenvalue weighted by Crippen LogP contribution is -2.34. The molecule has 2 rings (SSSR count). The lowest BCUT2D eigenvalue weighted by molar-refractivity contribution is 0.0977. The molecule has 2 N–H and O–H groups in total. The second-order valence-electron chi connectivity index (χ2n) is 5.96. The first kappa shape index (κ1) is 16.6. The molecule has 0 aliphatic rings. The van der Waals surface area contributed by atoms with Crippen LogP contribution in [0.1, 0.15) is 41.7 Å². The Morgan fingerprint density at radius 3 is 2.41 bits per heavy atom. The van der Waals surface area contributed by atoms with Gasteiger partial charge in [-0.1, -0.05) is 39.0 Å². The number of carbonyl (C=O) groups excluding carboxylic acids is 1. The van der Waals surface area contributed by atoms with E-state index in [9.17, 15) is 4.79 Å². The molecule has 0 spiro atoms. The minimum atomic E-state index is -0.234. The van der Waals surface area contributed by atoms with Gasteiger partial charge in [-0.25, -0.2) is 4.98 Å². The van der Waals surface area contributed by atoms with E-state index in [0.29, 0.717) is 10.7 Å². The average molecular weight is 333 g/mol. The van der Waals surface area contributed by atoms with Gasteiger partial charge in [-0.3, -0.25) is 10.1 Å². The van der Waals surface area contributed by atoms with Crippen LogP contribution in [0, 0.1) is 6.92 Å². The third-order valence-electron chi connectivity index (χ3n) is 2.96. The molecule has 0 aliphatic heterocycles. The van der Waals surface area contributed by atoms with Gasteiger partial charge in [0.2, 0.25) is 0 Å². The summed E-state index contributed by atoms with van der Waals surface area (Å²) in [7, 11) is 0. The van der Waals surface area contributed by atoms with Crippen LogP contribution in [0.5, 0.6) is 0 Å². The number of aryl methyl sites for hydroxylation is 1. The van der Waals surface area contributed by atoms with Crippen LogP contribution in [0.15, 0.2) is 30.3 Å². The molecule has 1 aromatic carbocycles. The number of thiazole rings is 1. The largest absolute Gasteiger partial charge is 0.308 e. The first-order valence-corrected chi connectivity index (χ1v) is 8.15. The van der Waals surface area contributed by atoms with E-state index in [2.05, 4.69) is 36.4 Å². The van der Waals surface area contributed by atoms with Gasteiger partial charge in [-0.05, 0) is 36.7 Å². The number of amides is 1. The fourth-order valence-electron chi connectivity index (χ4n) is 2.04. The van der Waals surface area contributed by atoms with Crippen molar-refractivity contribution in [2.75, 3.05) is 5.32 Å². The minimum Gasteiger partial charge on any atom is -0.308 e. The van der Waals surface area contributed by atoms with Crippen molar-refractivity contribution in [3.05, 3.63) is 46.5 Å². The molecule has 1 aromatic heterocycles. The van der Waals surface area contributed by atoms with Crippen LogP contribution in [0.3, 0.4) is 0 Å². The predicted octanol–water partition coefficient (Wildman–Crippen LogP) is 3.88. The fraction of sp³-hybridized carbons (Fsp3) is 0.312. The zero-order valence-electron chi connectivity index (χ0n) is 13.1. The number of aromatic nitrogens is 1. The highest BCUT2D eigenvalue weighted by atomic mass is 32.1. The monoisotopic (exact) mass is 333 g/mol. The molecule has 116 valence electrons. The van der Waals surface area contributed by atoms with Gasteiger partial charge < -0.3 is 5.32 Å².